The van der Waals surface area contributed by atoms with E-state index >= 15 is 0 Å². The van der Waals surface area contributed by atoms with Gasteiger partial charge < -0.3 is 15.6 Å². The van der Waals surface area contributed by atoms with E-state index in [0.29, 0.717) is 11.2 Å². The minimum absolute atomic E-state index is 0.207. The Kier molecular flexibility index (Phi) is 2.34. The van der Waals surface area contributed by atoms with Crippen molar-refractivity contribution in [3.63, 3.8) is 0 Å². The van der Waals surface area contributed by atoms with Crippen molar-refractivity contribution in [2.75, 3.05) is 12.3 Å². The second-order valence-electron chi connectivity index (χ2n) is 3.97. The molecule has 1 saturated heterocycles. The van der Waals surface area contributed by atoms with Crippen molar-refractivity contribution < 1.29 is 15.6 Å². The second-order valence-corrected chi connectivity index (χ2v) is 3.97. The van der Waals surface area contributed by atoms with Gasteiger partial charge in [-0.15, -0.1) is 0 Å². The van der Waals surface area contributed by atoms with Crippen LogP contribution in [0.2, 0.25) is 0 Å². The van der Waals surface area contributed by atoms with E-state index in [-0.39, 0.29) is 5.82 Å². The monoisotopic (exact) mass is 254 g/mol. The first-order chi connectivity index (χ1) is 9.13. The van der Waals surface area contributed by atoms with Crippen molar-refractivity contribution in [3.05, 3.63) is 12.7 Å². The molecule has 0 saturated carbocycles. The molecule has 3 heterocycles. The Bertz CT molecular complexity index is 609. The number of aliphatic hydroxyl groups is 1. The number of aromatic nitrogens is 4. The highest BCUT2D eigenvalue weighted by molar-refractivity contribution is 5.81. The van der Waals surface area contributed by atoms with Gasteiger partial charge in [-0.2, -0.15) is 0 Å². The highest BCUT2D eigenvalue weighted by Crippen LogP contribution is 2.32. The van der Waals surface area contributed by atoms with E-state index in [1.165, 1.54) is 17.2 Å². The van der Waals surface area contributed by atoms with Crippen molar-refractivity contribution in [1.29, 1.82) is 0 Å². The summed E-state index contributed by atoms with van der Waals surface area (Å²) in [5.41, 5.74) is 6.41. The highest BCUT2D eigenvalue weighted by atomic mass is 19.1. The van der Waals surface area contributed by atoms with E-state index < -0.39 is 31.5 Å². The van der Waals surface area contributed by atoms with Crippen molar-refractivity contribution in [2.45, 2.75) is 24.9 Å². The zero-order valence-corrected chi connectivity index (χ0v) is 9.27. The van der Waals surface area contributed by atoms with E-state index in [9.17, 15) is 4.39 Å². The molecule has 2 aromatic heterocycles. The summed E-state index contributed by atoms with van der Waals surface area (Å²) in [5.74, 6) is 0.207. The summed E-state index contributed by atoms with van der Waals surface area (Å²) in [6, 6.07) is 0. The van der Waals surface area contributed by atoms with Gasteiger partial charge in [-0.3, -0.25) is 4.57 Å². The summed E-state index contributed by atoms with van der Waals surface area (Å²) >= 11 is 0. The summed E-state index contributed by atoms with van der Waals surface area (Å²) in [6.45, 7) is -0.475. The SMILES string of the molecule is [2H]C1[C@@H](F)[C@@H](CO)O[C@H]1n1cnc2c(N)ncnc21. The van der Waals surface area contributed by atoms with Gasteiger partial charge in [0.1, 0.15) is 30.3 Å². The minimum atomic E-state index is -1.56. The van der Waals surface area contributed by atoms with Crippen LogP contribution < -0.4 is 5.73 Å². The lowest BCUT2D eigenvalue weighted by molar-refractivity contribution is -0.0323. The van der Waals surface area contributed by atoms with Crippen LogP contribution in [0.25, 0.3) is 11.2 Å². The lowest BCUT2D eigenvalue weighted by Crippen LogP contribution is -2.21. The molecule has 0 aromatic carbocycles. The molecule has 18 heavy (non-hydrogen) atoms. The molecular formula is C10H12FN5O2. The number of nitrogen functional groups attached to an aromatic ring is 1. The van der Waals surface area contributed by atoms with Crippen molar-refractivity contribution in [1.82, 2.24) is 19.5 Å². The Morgan fingerprint density at radius 1 is 1.61 bits per heavy atom. The third-order valence-corrected chi connectivity index (χ3v) is 2.86. The number of rotatable bonds is 2. The van der Waals surface area contributed by atoms with Gasteiger partial charge in [0, 0.05) is 7.77 Å². The fourth-order valence-corrected chi connectivity index (χ4v) is 1.94. The number of nitrogens with zero attached hydrogens (tertiary/aromatic N) is 4. The number of hydrogen-bond donors (Lipinski definition) is 2. The number of alkyl halides is 1. The molecule has 2 aromatic rings. The lowest BCUT2D eigenvalue weighted by Gasteiger charge is -2.13. The number of ether oxygens (including phenoxy) is 1. The third kappa shape index (κ3) is 1.61. The summed E-state index contributed by atoms with van der Waals surface area (Å²) in [4.78, 5) is 11.9. The number of anilines is 1. The first kappa shape index (κ1) is 10.2. The van der Waals surface area contributed by atoms with Gasteiger partial charge in [0.15, 0.2) is 11.5 Å². The van der Waals surface area contributed by atoms with Crippen LogP contribution in [0.5, 0.6) is 0 Å². The summed E-state index contributed by atoms with van der Waals surface area (Å²) in [5, 5.41) is 9.01. The van der Waals surface area contributed by atoms with Gasteiger partial charge in [0.05, 0.1) is 12.9 Å². The maximum absolute atomic E-state index is 13.7. The molecule has 8 heteroatoms. The number of halogens is 1. The van der Waals surface area contributed by atoms with Crippen molar-refractivity contribution in [3.8, 4) is 0 Å². The van der Waals surface area contributed by atoms with Crippen LogP contribution in [-0.4, -0.2) is 43.5 Å². The first-order valence-electron chi connectivity index (χ1n) is 5.97. The average molecular weight is 254 g/mol. The van der Waals surface area contributed by atoms with Crippen LogP contribution in [0.15, 0.2) is 12.7 Å². The molecule has 1 aliphatic rings. The smallest absolute Gasteiger partial charge is 0.167 e. The normalized spacial score (nSPS) is 32.9. The maximum atomic E-state index is 13.7. The maximum Gasteiger partial charge on any atom is 0.167 e. The summed E-state index contributed by atoms with van der Waals surface area (Å²) < 4.78 is 28.3. The standard InChI is InChI=1S/C10H12FN5O2/c11-5-1-7(18-6(5)2-17)16-4-15-8-9(12)13-3-14-10(8)16/h3-7,17H,1-2H2,(H2,12,13,14)/t5-,6-,7-/m1/s1/i1D/t1?,5-,6-,7-. The van der Waals surface area contributed by atoms with Crippen LogP contribution in [0, 0.1) is 0 Å². The quantitative estimate of drug-likeness (QED) is 0.784. The number of imidazole rings is 1. The van der Waals surface area contributed by atoms with Gasteiger partial charge in [-0.25, -0.2) is 19.3 Å². The molecule has 1 aliphatic heterocycles. The molecule has 7 nitrogen and oxygen atoms in total. The largest absolute Gasteiger partial charge is 0.394 e. The molecular weight excluding hydrogens is 241 g/mol. The van der Waals surface area contributed by atoms with Gasteiger partial charge >= 0.3 is 0 Å². The fourth-order valence-electron chi connectivity index (χ4n) is 1.94. The summed E-state index contributed by atoms with van der Waals surface area (Å²) in [6.07, 6.45) is -1.98. The Hall–Kier alpha value is -1.80. The average Bonchev–Trinajstić information content (AvgIpc) is 2.94. The van der Waals surface area contributed by atoms with Gasteiger partial charge in [0.2, 0.25) is 0 Å². The van der Waals surface area contributed by atoms with E-state index in [4.69, 9.17) is 16.9 Å². The molecule has 96 valence electrons. The van der Waals surface area contributed by atoms with Crippen molar-refractivity contribution in [2.24, 2.45) is 0 Å². The highest BCUT2D eigenvalue weighted by Gasteiger charge is 2.36. The molecule has 0 amide bonds. The molecule has 3 N–H and O–H groups in total. The second kappa shape index (κ2) is 4.14. The van der Waals surface area contributed by atoms with Gasteiger partial charge in [-0.1, -0.05) is 0 Å². The Balaban J connectivity index is 2.04. The fraction of sp³-hybridized carbons (Fsp3) is 0.500. The van der Waals surface area contributed by atoms with E-state index in [1.54, 1.807) is 0 Å². The third-order valence-electron chi connectivity index (χ3n) is 2.86. The van der Waals surface area contributed by atoms with E-state index in [0.717, 1.165) is 0 Å². The molecule has 1 fully saturated rings. The van der Waals surface area contributed by atoms with Crippen LogP contribution >= 0.6 is 0 Å². The van der Waals surface area contributed by atoms with Crippen LogP contribution in [-0.2, 0) is 4.74 Å². The Morgan fingerprint density at radius 3 is 3.17 bits per heavy atom. The van der Waals surface area contributed by atoms with E-state index in [1.807, 2.05) is 0 Å². The topological polar surface area (TPSA) is 99.1 Å². The van der Waals surface area contributed by atoms with Crippen LogP contribution in [0.1, 0.15) is 14.0 Å². The van der Waals surface area contributed by atoms with Crippen molar-refractivity contribution >= 4 is 17.0 Å². The Labute approximate surface area is 103 Å². The number of nitrogens with two attached hydrogens (primary N) is 1. The molecule has 0 aliphatic carbocycles. The van der Waals surface area contributed by atoms with Gasteiger partial charge in [0.25, 0.3) is 0 Å². The molecule has 0 bridgehead atoms. The van der Waals surface area contributed by atoms with E-state index in [2.05, 4.69) is 15.0 Å². The molecule has 0 radical (unpaired) electrons. The predicted molar refractivity (Wildman–Crippen MR) is 60.2 cm³/mol. The zero-order valence-electron chi connectivity index (χ0n) is 10.3. The minimum Gasteiger partial charge on any atom is -0.394 e. The number of hydrogen-bond acceptors (Lipinski definition) is 6. The molecule has 4 atom stereocenters. The number of aliphatic hydroxyl groups excluding tert-OH is 1. The summed E-state index contributed by atoms with van der Waals surface area (Å²) in [7, 11) is 0. The lowest BCUT2D eigenvalue weighted by atomic mass is 10.2. The molecule has 1 unspecified atom stereocenters. The Morgan fingerprint density at radius 2 is 2.44 bits per heavy atom. The van der Waals surface area contributed by atoms with Gasteiger partial charge in [-0.05, 0) is 0 Å². The molecule has 0 spiro atoms. The first-order valence-corrected chi connectivity index (χ1v) is 5.39. The number of fused-ring (bicyclic) bond motifs is 1. The predicted octanol–water partition coefficient (Wildman–Crippen LogP) is 0.0264. The van der Waals surface area contributed by atoms with Crippen LogP contribution in [0.4, 0.5) is 10.2 Å². The molecule has 3 rings (SSSR count). The van der Waals surface area contributed by atoms with Crippen LogP contribution in [0.3, 0.4) is 0 Å². The zero-order chi connectivity index (χ0) is 13.6.